The Morgan fingerprint density at radius 1 is 1.03 bits per heavy atom. The minimum atomic E-state index is -3.62. The van der Waals surface area contributed by atoms with Crippen molar-refractivity contribution in [3.8, 4) is 22.8 Å². The highest BCUT2D eigenvalue weighted by Crippen LogP contribution is 2.35. The van der Waals surface area contributed by atoms with Crippen LogP contribution in [0.3, 0.4) is 0 Å². The Hall–Kier alpha value is -3.37. The van der Waals surface area contributed by atoms with Crippen LogP contribution in [-0.2, 0) is 16.6 Å². The van der Waals surface area contributed by atoms with Gasteiger partial charge in [-0.2, -0.15) is 9.40 Å². The summed E-state index contributed by atoms with van der Waals surface area (Å²) in [5.41, 5.74) is 2.18. The molecule has 3 aromatic rings. The molecular formula is C24H26N4O5S. The van der Waals surface area contributed by atoms with Gasteiger partial charge in [0.2, 0.25) is 10.0 Å². The van der Waals surface area contributed by atoms with E-state index in [-0.39, 0.29) is 17.3 Å². The molecule has 1 saturated heterocycles. The largest absolute Gasteiger partial charge is 0.486 e. The number of rotatable bonds is 6. The highest BCUT2D eigenvalue weighted by Gasteiger charge is 2.28. The summed E-state index contributed by atoms with van der Waals surface area (Å²) in [7, 11) is -3.62. The van der Waals surface area contributed by atoms with E-state index in [9.17, 15) is 13.2 Å². The average molecular weight is 483 g/mol. The van der Waals surface area contributed by atoms with Crippen molar-refractivity contribution in [3.05, 3.63) is 59.8 Å². The summed E-state index contributed by atoms with van der Waals surface area (Å²) in [5.74, 6) is 0.914. The van der Waals surface area contributed by atoms with Crippen LogP contribution in [0.2, 0.25) is 0 Å². The average Bonchev–Trinajstić information content (AvgIpc) is 3.38. The monoisotopic (exact) mass is 482 g/mol. The number of aromatic nitrogens is 2. The fourth-order valence-electron chi connectivity index (χ4n) is 4.29. The van der Waals surface area contributed by atoms with Crippen molar-refractivity contribution in [1.29, 1.82) is 0 Å². The third-order valence-electron chi connectivity index (χ3n) is 6.06. The number of carbonyl (C=O) groups excluding carboxylic acids is 1. The predicted octanol–water partition coefficient (Wildman–Crippen LogP) is 2.95. The third-order valence-corrected chi connectivity index (χ3v) is 8.06. The van der Waals surface area contributed by atoms with Crippen LogP contribution in [0.4, 0.5) is 0 Å². The van der Waals surface area contributed by atoms with Crippen molar-refractivity contribution in [2.45, 2.75) is 30.7 Å². The minimum Gasteiger partial charge on any atom is -0.486 e. The first-order chi connectivity index (χ1) is 16.5. The van der Waals surface area contributed by atoms with Gasteiger partial charge in [-0.3, -0.25) is 9.89 Å². The number of amides is 1. The Labute approximate surface area is 198 Å². The van der Waals surface area contributed by atoms with E-state index in [2.05, 4.69) is 15.5 Å². The molecule has 2 aliphatic rings. The van der Waals surface area contributed by atoms with Crippen LogP contribution >= 0.6 is 0 Å². The van der Waals surface area contributed by atoms with Gasteiger partial charge in [0.25, 0.3) is 5.91 Å². The lowest BCUT2D eigenvalue weighted by atomic mass is 10.1. The molecule has 178 valence electrons. The summed E-state index contributed by atoms with van der Waals surface area (Å²) in [4.78, 5) is 13.3. The number of nitrogens with one attached hydrogen (secondary N) is 2. The molecule has 1 aromatic heterocycles. The molecule has 34 heavy (non-hydrogen) atoms. The molecule has 0 spiro atoms. The fourth-order valence-corrected chi connectivity index (χ4v) is 6.03. The van der Waals surface area contributed by atoms with Gasteiger partial charge in [-0.15, -0.1) is 0 Å². The highest BCUT2D eigenvalue weighted by atomic mass is 32.2. The fraction of sp³-hybridized carbons (Fsp3) is 0.333. The van der Waals surface area contributed by atoms with E-state index in [1.165, 1.54) is 10.5 Å². The van der Waals surface area contributed by atoms with E-state index < -0.39 is 10.0 Å². The topological polar surface area (TPSA) is 114 Å². The van der Waals surface area contributed by atoms with E-state index in [4.69, 9.17) is 9.47 Å². The molecule has 10 heteroatoms. The lowest BCUT2D eigenvalue weighted by Crippen LogP contribution is -2.36. The van der Waals surface area contributed by atoms with Crippen LogP contribution in [0.5, 0.6) is 11.5 Å². The molecule has 0 saturated carbocycles. The van der Waals surface area contributed by atoms with Crippen LogP contribution in [0.15, 0.2) is 53.6 Å². The predicted molar refractivity (Wildman–Crippen MR) is 125 cm³/mol. The van der Waals surface area contributed by atoms with E-state index >= 15 is 0 Å². The minimum absolute atomic E-state index is 0.0772. The van der Waals surface area contributed by atoms with Crippen LogP contribution in [0.1, 0.15) is 35.2 Å². The van der Waals surface area contributed by atoms with Gasteiger partial charge >= 0.3 is 0 Å². The second-order valence-corrected chi connectivity index (χ2v) is 10.2. The third kappa shape index (κ3) is 4.38. The summed E-state index contributed by atoms with van der Waals surface area (Å²) in [6, 6.07) is 12.2. The number of sulfonamides is 1. The number of piperidine rings is 1. The number of aromatic amines is 1. The Kier molecular flexibility index (Phi) is 6.25. The van der Waals surface area contributed by atoms with E-state index in [0.29, 0.717) is 54.6 Å². The summed E-state index contributed by atoms with van der Waals surface area (Å²) in [6.07, 6.45) is 4.22. The molecule has 0 unspecified atom stereocenters. The second kappa shape index (κ2) is 9.47. The van der Waals surface area contributed by atoms with Gasteiger partial charge in [0.15, 0.2) is 11.5 Å². The molecule has 5 rings (SSSR count). The maximum Gasteiger partial charge on any atom is 0.255 e. The molecule has 3 heterocycles. The van der Waals surface area contributed by atoms with Crippen molar-refractivity contribution >= 4 is 15.9 Å². The molecule has 1 fully saturated rings. The molecule has 0 atom stereocenters. The Morgan fingerprint density at radius 2 is 1.79 bits per heavy atom. The number of ether oxygens (including phenoxy) is 2. The van der Waals surface area contributed by atoms with Crippen molar-refractivity contribution in [2.24, 2.45) is 0 Å². The number of benzene rings is 2. The van der Waals surface area contributed by atoms with Crippen molar-refractivity contribution in [2.75, 3.05) is 26.3 Å². The normalized spacial score (nSPS) is 16.2. The molecular weight excluding hydrogens is 456 g/mol. The Balaban J connectivity index is 1.34. The van der Waals surface area contributed by atoms with E-state index in [1.54, 1.807) is 36.4 Å². The number of hydrogen-bond donors (Lipinski definition) is 2. The first-order valence-electron chi connectivity index (χ1n) is 11.3. The molecule has 9 nitrogen and oxygen atoms in total. The lowest BCUT2D eigenvalue weighted by molar-refractivity contribution is 0.0951. The lowest BCUT2D eigenvalue weighted by Gasteiger charge is -2.26. The summed E-state index contributed by atoms with van der Waals surface area (Å²) >= 11 is 0. The summed E-state index contributed by atoms with van der Waals surface area (Å²) < 4.78 is 39.2. The van der Waals surface area contributed by atoms with Gasteiger partial charge < -0.3 is 14.8 Å². The number of carbonyl (C=O) groups is 1. The molecule has 0 radical (unpaired) electrons. The van der Waals surface area contributed by atoms with Crippen molar-refractivity contribution in [1.82, 2.24) is 19.8 Å². The quantitative estimate of drug-likeness (QED) is 0.559. The first kappa shape index (κ1) is 22.4. The SMILES string of the molecule is O=C(NCc1ccccc1S(=O)(=O)N1CCCCC1)c1cn[nH]c1-c1ccc2c(c1)OCCO2. The van der Waals surface area contributed by atoms with Crippen molar-refractivity contribution in [3.63, 3.8) is 0 Å². The zero-order valence-corrected chi connectivity index (χ0v) is 19.4. The summed E-state index contributed by atoms with van der Waals surface area (Å²) in [6.45, 7) is 2.09. The van der Waals surface area contributed by atoms with Gasteiger partial charge in [-0.25, -0.2) is 8.42 Å². The van der Waals surface area contributed by atoms with E-state index in [0.717, 1.165) is 24.8 Å². The maximum atomic E-state index is 13.2. The van der Waals surface area contributed by atoms with E-state index in [1.807, 2.05) is 6.07 Å². The highest BCUT2D eigenvalue weighted by molar-refractivity contribution is 7.89. The van der Waals surface area contributed by atoms with Gasteiger partial charge in [0.05, 0.1) is 22.3 Å². The molecule has 2 aromatic carbocycles. The Bertz CT molecular complexity index is 1300. The molecule has 2 N–H and O–H groups in total. The standard InChI is InChI=1S/C24H26N4O5S/c29-24(19-16-26-27-23(19)17-8-9-20-21(14-17)33-13-12-32-20)25-15-18-6-2-3-7-22(18)34(30,31)28-10-4-1-5-11-28/h2-3,6-9,14,16H,1,4-5,10-13,15H2,(H,25,29)(H,26,27). The van der Waals surface area contributed by atoms with Crippen LogP contribution in [0.25, 0.3) is 11.3 Å². The van der Waals surface area contributed by atoms with Crippen LogP contribution in [0, 0.1) is 0 Å². The maximum absolute atomic E-state index is 13.2. The van der Waals surface area contributed by atoms with Gasteiger partial charge in [0, 0.05) is 25.2 Å². The van der Waals surface area contributed by atoms with Crippen LogP contribution in [-0.4, -0.2) is 55.1 Å². The second-order valence-electron chi connectivity index (χ2n) is 8.27. The number of nitrogens with zero attached hydrogens (tertiary/aromatic N) is 2. The smallest absolute Gasteiger partial charge is 0.255 e. The first-order valence-corrected chi connectivity index (χ1v) is 12.8. The molecule has 0 bridgehead atoms. The Morgan fingerprint density at radius 3 is 2.62 bits per heavy atom. The zero-order valence-electron chi connectivity index (χ0n) is 18.6. The van der Waals surface area contributed by atoms with Gasteiger partial charge in [-0.1, -0.05) is 24.6 Å². The zero-order chi connectivity index (χ0) is 23.5. The molecule has 0 aliphatic carbocycles. The number of fused-ring (bicyclic) bond motifs is 1. The number of H-pyrrole nitrogens is 1. The molecule has 2 aliphatic heterocycles. The van der Waals surface area contributed by atoms with Crippen LogP contribution < -0.4 is 14.8 Å². The molecule has 1 amide bonds. The summed E-state index contributed by atoms with van der Waals surface area (Å²) in [5, 5.41) is 9.77. The van der Waals surface area contributed by atoms with Gasteiger partial charge in [-0.05, 0) is 42.7 Å². The van der Waals surface area contributed by atoms with Crippen molar-refractivity contribution < 1.29 is 22.7 Å². The number of hydrogen-bond acceptors (Lipinski definition) is 6. The van der Waals surface area contributed by atoms with Gasteiger partial charge in [0.1, 0.15) is 13.2 Å².